The van der Waals surface area contributed by atoms with Gasteiger partial charge >= 0.3 is 7.60 Å². The van der Waals surface area contributed by atoms with E-state index in [-0.39, 0.29) is 11.7 Å². The second-order valence-electron chi connectivity index (χ2n) is 5.40. The Morgan fingerprint density at radius 1 is 1.14 bits per heavy atom. The van der Waals surface area contributed by atoms with Crippen molar-refractivity contribution in [3.8, 4) is 0 Å². The van der Waals surface area contributed by atoms with Crippen molar-refractivity contribution in [2.75, 3.05) is 19.5 Å². The van der Waals surface area contributed by atoms with Crippen LogP contribution in [0.5, 0.6) is 0 Å². The molecule has 1 unspecified atom stereocenters. The van der Waals surface area contributed by atoms with Gasteiger partial charge in [0.25, 0.3) is 0 Å². The van der Waals surface area contributed by atoms with Crippen molar-refractivity contribution in [1.29, 1.82) is 0 Å². The molecule has 0 spiro atoms. The Morgan fingerprint density at radius 2 is 1.71 bits per heavy atom. The molecule has 4 nitrogen and oxygen atoms in total. The minimum atomic E-state index is -3.24. The first-order valence-electron chi connectivity index (χ1n) is 7.32. The van der Waals surface area contributed by atoms with Crippen LogP contribution in [0.4, 0.5) is 10.1 Å². The number of benzene rings is 1. The van der Waals surface area contributed by atoms with Crippen molar-refractivity contribution >= 4 is 13.3 Å². The van der Waals surface area contributed by atoms with Crippen molar-refractivity contribution in [3.63, 3.8) is 0 Å². The van der Waals surface area contributed by atoms with Crippen LogP contribution >= 0.6 is 7.60 Å². The summed E-state index contributed by atoms with van der Waals surface area (Å²) in [4.78, 5) is 0. The van der Waals surface area contributed by atoms with E-state index in [1.54, 1.807) is 12.1 Å². The Hall–Kier alpha value is -0.900. The first-order chi connectivity index (χ1) is 10.1. The van der Waals surface area contributed by atoms with E-state index in [9.17, 15) is 8.96 Å². The van der Waals surface area contributed by atoms with E-state index >= 15 is 0 Å². The Balaban J connectivity index is 2.22. The van der Waals surface area contributed by atoms with Gasteiger partial charge in [-0.3, -0.25) is 4.57 Å². The average molecular weight is 315 g/mol. The van der Waals surface area contributed by atoms with E-state index in [0.717, 1.165) is 31.4 Å². The van der Waals surface area contributed by atoms with Crippen LogP contribution in [-0.4, -0.2) is 20.0 Å². The second kappa shape index (κ2) is 7.39. The molecule has 2 rings (SSSR count). The third kappa shape index (κ3) is 4.06. The fourth-order valence-corrected chi connectivity index (χ4v) is 4.65. The van der Waals surface area contributed by atoms with E-state index in [1.165, 1.54) is 32.8 Å². The smallest absolute Gasteiger partial charge is 0.352 e. The Bertz CT molecular complexity index is 480. The molecule has 0 aromatic heterocycles. The number of nitrogens with one attached hydrogen (secondary N) is 1. The van der Waals surface area contributed by atoms with Crippen molar-refractivity contribution < 1.29 is 18.0 Å². The largest absolute Gasteiger partial charge is 0.371 e. The van der Waals surface area contributed by atoms with Crippen LogP contribution in [-0.2, 0) is 13.6 Å². The van der Waals surface area contributed by atoms with Gasteiger partial charge in [-0.25, -0.2) is 4.39 Å². The summed E-state index contributed by atoms with van der Waals surface area (Å²) in [6, 6.07) is 6.04. The molecule has 1 atom stereocenters. The summed E-state index contributed by atoms with van der Waals surface area (Å²) in [7, 11) is -0.424. The van der Waals surface area contributed by atoms with Gasteiger partial charge in [0, 0.05) is 19.9 Å². The molecule has 1 N–H and O–H groups in total. The molecule has 6 heteroatoms. The van der Waals surface area contributed by atoms with Gasteiger partial charge in [0.15, 0.2) is 0 Å². The summed E-state index contributed by atoms with van der Waals surface area (Å²) >= 11 is 0. The van der Waals surface area contributed by atoms with E-state index in [4.69, 9.17) is 9.05 Å². The van der Waals surface area contributed by atoms with Crippen LogP contribution in [0.3, 0.4) is 0 Å². The average Bonchev–Trinajstić information content (AvgIpc) is 2.54. The zero-order valence-electron chi connectivity index (χ0n) is 12.5. The predicted octanol–water partition coefficient (Wildman–Crippen LogP) is 4.63. The van der Waals surface area contributed by atoms with Crippen LogP contribution < -0.4 is 5.32 Å². The predicted molar refractivity (Wildman–Crippen MR) is 82.0 cm³/mol. The van der Waals surface area contributed by atoms with Crippen LogP contribution in [0.15, 0.2) is 24.3 Å². The molecule has 0 radical (unpaired) electrons. The molecule has 118 valence electrons. The molecule has 0 heterocycles. The van der Waals surface area contributed by atoms with Gasteiger partial charge < -0.3 is 14.4 Å². The molecule has 0 saturated heterocycles. The second-order valence-corrected chi connectivity index (χ2v) is 7.77. The van der Waals surface area contributed by atoms with Gasteiger partial charge in [0.05, 0.1) is 0 Å². The highest BCUT2D eigenvalue weighted by Gasteiger charge is 2.40. The molecule has 21 heavy (non-hydrogen) atoms. The Kier molecular flexibility index (Phi) is 5.80. The zero-order valence-corrected chi connectivity index (χ0v) is 13.4. The van der Waals surface area contributed by atoms with Crippen LogP contribution in [0.25, 0.3) is 0 Å². The molecule has 1 saturated carbocycles. The van der Waals surface area contributed by atoms with Gasteiger partial charge in [0.1, 0.15) is 11.6 Å². The number of hydrogen-bond donors (Lipinski definition) is 1. The number of hydrogen-bond acceptors (Lipinski definition) is 4. The third-order valence-corrected chi connectivity index (χ3v) is 6.35. The van der Waals surface area contributed by atoms with Crippen molar-refractivity contribution in [1.82, 2.24) is 0 Å². The maximum atomic E-state index is 13.0. The SMILES string of the molecule is COP(=O)(OC)C(Nc1ccc(F)cc1)C1CCCCC1. The Morgan fingerprint density at radius 3 is 2.24 bits per heavy atom. The van der Waals surface area contributed by atoms with E-state index < -0.39 is 13.4 Å². The van der Waals surface area contributed by atoms with Crippen LogP contribution in [0.1, 0.15) is 32.1 Å². The number of rotatable bonds is 6. The monoisotopic (exact) mass is 315 g/mol. The normalized spacial score (nSPS) is 18.4. The molecule has 1 aromatic rings. The Labute approximate surface area is 125 Å². The summed E-state index contributed by atoms with van der Waals surface area (Å²) in [6.45, 7) is 0. The van der Waals surface area contributed by atoms with Crippen molar-refractivity contribution in [3.05, 3.63) is 30.1 Å². The first-order valence-corrected chi connectivity index (χ1v) is 8.93. The molecule has 0 aliphatic heterocycles. The summed E-state index contributed by atoms with van der Waals surface area (Å²) in [5, 5.41) is 3.24. The standard InChI is InChI=1S/C15H23FNO3P/c1-19-21(18,20-2)15(12-6-4-3-5-7-12)17-14-10-8-13(16)9-11-14/h8-12,15,17H,3-7H2,1-2H3. The quantitative estimate of drug-likeness (QED) is 0.778. The topological polar surface area (TPSA) is 47.6 Å². The summed E-state index contributed by atoms with van der Waals surface area (Å²) < 4.78 is 36.2. The lowest BCUT2D eigenvalue weighted by Crippen LogP contribution is -2.31. The van der Waals surface area contributed by atoms with Gasteiger partial charge in [-0.2, -0.15) is 0 Å². The molecule has 1 aromatic carbocycles. The highest BCUT2D eigenvalue weighted by Crippen LogP contribution is 2.56. The molecular weight excluding hydrogens is 292 g/mol. The zero-order chi connectivity index (χ0) is 15.3. The van der Waals surface area contributed by atoms with Gasteiger partial charge in [-0.15, -0.1) is 0 Å². The van der Waals surface area contributed by atoms with Crippen molar-refractivity contribution in [2.24, 2.45) is 5.92 Å². The van der Waals surface area contributed by atoms with Gasteiger partial charge in [0.2, 0.25) is 0 Å². The van der Waals surface area contributed by atoms with Crippen LogP contribution in [0.2, 0.25) is 0 Å². The highest BCUT2D eigenvalue weighted by atomic mass is 31.2. The minimum Gasteiger partial charge on any atom is -0.371 e. The summed E-state index contributed by atoms with van der Waals surface area (Å²) in [5.41, 5.74) is 0.723. The maximum absolute atomic E-state index is 13.0. The lowest BCUT2D eigenvalue weighted by atomic mass is 9.89. The lowest BCUT2D eigenvalue weighted by molar-refractivity contribution is 0.244. The van der Waals surface area contributed by atoms with Crippen LogP contribution in [0, 0.1) is 11.7 Å². The molecular formula is C15H23FNO3P. The number of halogens is 1. The molecule has 1 aliphatic rings. The number of anilines is 1. The fraction of sp³-hybridized carbons (Fsp3) is 0.600. The van der Waals surface area contributed by atoms with E-state index in [2.05, 4.69) is 5.32 Å². The maximum Gasteiger partial charge on any atom is 0.352 e. The molecule has 0 bridgehead atoms. The molecule has 0 amide bonds. The lowest BCUT2D eigenvalue weighted by Gasteiger charge is -2.34. The molecule has 1 fully saturated rings. The minimum absolute atomic E-state index is 0.231. The van der Waals surface area contributed by atoms with Crippen molar-refractivity contribution in [2.45, 2.75) is 37.9 Å². The molecule has 1 aliphatic carbocycles. The van der Waals surface area contributed by atoms with E-state index in [0.29, 0.717) is 0 Å². The fourth-order valence-electron chi connectivity index (χ4n) is 2.92. The third-order valence-electron chi connectivity index (χ3n) is 4.10. The first kappa shape index (κ1) is 16.5. The summed E-state index contributed by atoms with van der Waals surface area (Å²) in [6.07, 6.45) is 5.45. The summed E-state index contributed by atoms with van der Waals surface area (Å²) in [5.74, 6) is -0.468. The van der Waals surface area contributed by atoms with Gasteiger partial charge in [-0.05, 0) is 43.0 Å². The van der Waals surface area contributed by atoms with Gasteiger partial charge in [-0.1, -0.05) is 19.3 Å². The highest BCUT2D eigenvalue weighted by molar-refractivity contribution is 7.54. The van der Waals surface area contributed by atoms with E-state index in [1.807, 2.05) is 0 Å².